The van der Waals surface area contributed by atoms with Crippen molar-refractivity contribution in [2.24, 2.45) is 0 Å². The van der Waals surface area contributed by atoms with Gasteiger partial charge in [0, 0.05) is 7.05 Å². The van der Waals surface area contributed by atoms with E-state index in [1.165, 1.54) is 0 Å². The lowest BCUT2D eigenvalue weighted by Crippen LogP contribution is -2.15. The molecule has 16 heavy (non-hydrogen) atoms. The summed E-state index contributed by atoms with van der Waals surface area (Å²) in [5.74, 6) is 1.01. The van der Waals surface area contributed by atoms with E-state index in [0.29, 0.717) is 11.6 Å². The maximum Gasteiger partial charge on any atom is 0.229 e. The van der Waals surface area contributed by atoms with Gasteiger partial charge in [0.2, 0.25) is 5.88 Å². The van der Waals surface area contributed by atoms with Crippen molar-refractivity contribution < 1.29 is 4.74 Å². The number of benzene rings is 1. The number of para-hydroxylation sites is 1. The first-order valence-electron chi connectivity index (χ1n) is 4.74. The zero-order valence-electron chi connectivity index (χ0n) is 8.98. The van der Waals surface area contributed by atoms with Crippen LogP contribution in [0.25, 0.3) is 0 Å². The van der Waals surface area contributed by atoms with Crippen LogP contribution in [0, 0.1) is 29.6 Å². The summed E-state index contributed by atoms with van der Waals surface area (Å²) in [5, 5.41) is 17.6. The molecule has 0 aliphatic carbocycles. The third-order valence-corrected chi connectivity index (χ3v) is 2.49. The summed E-state index contributed by atoms with van der Waals surface area (Å²) in [6.07, 6.45) is 0. The highest BCUT2D eigenvalue weighted by Gasteiger charge is 2.27. The second kappa shape index (κ2) is 3.60. The van der Waals surface area contributed by atoms with Crippen molar-refractivity contribution >= 4 is 5.69 Å². The van der Waals surface area contributed by atoms with Crippen LogP contribution < -0.4 is 9.64 Å². The molecular formula is C12H9N3O. The molecule has 1 aliphatic heterocycles. The molecule has 0 amide bonds. The van der Waals surface area contributed by atoms with Crippen molar-refractivity contribution in [2.75, 3.05) is 11.9 Å². The van der Waals surface area contributed by atoms with Gasteiger partial charge in [-0.2, -0.15) is 10.5 Å². The normalized spacial score (nSPS) is 12.5. The summed E-state index contributed by atoms with van der Waals surface area (Å²) < 4.78 is 5.55. The quantitative estimate of drug-likeness (QED) is 0.616. The van der Waals surface area contributed by atoms with Crippen molar-refractivity contribution in [3.05, 3.63) is 35.2 Å². The van der Waals surface area contributed by atoms with Crippen molar-refractivity contribution in [3.63, 3.8) is 0 Å². The Bertz CT molecular complexity index is 545. The number of rotatable bonds is 0. The summed E-state index contributed by atoms with van der Waals surface area (Å²) in [6, 6.07) is 9.39. The molecule has 0 atom stereocenters. The van der Waals surface area contributed by atoms with Gasteiger partial charge >= 0.3 is 0 Å². The van der Waals surface area contributed by atoms with Crippen LogP contribution >= 0.6 is 0 Å². The fourth-order valence-electron chi connectivity index (χ4n) is 1.65. The Hall–Kier alpha value is -2.46. The summed E-state index contributed by atoms with van der Waals surface area (Å²) in [4.78, 5) is 1.71. The molecule has 1 heterocycles. The van der Waals surface area contributed by atoms with Gasteiger partial charge in [0.1, 0.15) is 12.1 Å². The molecule has 2 rings (SSSR count). The number of anilines is 1. The second-order valence-electron chi connectivity index (χ2n) is 3.49. The lowest BCUT2D eigenvalue weighted by atomic mass is 10.2. The van der Waals surface area contributed by atoms with Gasteiger partial charge in [0.05, 0.1) is 5.69 Å². The summed E-state index contributed by atoms with van der Waals surface area (Å²) >= 11 is 0. The average molecular weight is 211 g/mol. The lowest BCUT2D eigenvalue weighted by molar-refractivity contribution is 0.438. The summed E-state index contributed by atoms with van der Waals surface area (Å²) in [6.45, 7) is 1.92. The molecule has 0 fully saturated rings. The van der Waals surface area contributed by atoms with Gasteiger partial charge in [0.15, 0.2) is 11.3 Å². The zero-order chi connectivity index (χ0) is 11.7. The average Bonchev–Trinajstić information content (AvgIpc) is 2.61. The first kappa shape index (κ1) is 10.1. The number of aryl methyl sites for hydroxylation is 1. The third-order valence-electron chi connectivity index (χ3n) is 2.49. The van der Waals surface area contributed by atoms with E-state index < -0.39 is 0 Å². The molecule has 78 valence electrons. The minimum absolute atomic E-state index is 0.0156. The molecule has 0 bridgehead atoms. The van der Waals surface area contributed by atoms with Crippen LogP contribution in [0.5, 0.6) is 5.75 Å². The van der Waals surface area contributed by atoms with E-state index in [0.717, 1.165) is 11.3 Å². The topological polar surface area (TPSA) is 60.0 Å². The number of hydrogen-bond donors (Lipinski definition) is 0. The molecule has 0 radical (unpaired) electrons. The van der Waals surface area contributed by atoms with Crippen LogP contribution in [0.3, 0.4) is 0 Å². The highest BCUT2D eigenvalue weighted by Crippen LogP contribution is 2.40. The molecule has 4 heteroatoms. The fraction of sp³-hybridized carbons (Fsp3) is 0.167. The predicted molar refractivity (Wildman–Crippen MR) is 58.5 cm³/mol. The Kier molecular flexibility index (Phi) is 2.27. The molecule has 0 N–H and O–H groups in total. The van der Waals surface area contributed by atoms with Crippen molar-refractivity contribution in [1.29, 1.82) is 10.5 Å². The van der Waals surface area contributed by atoms with Crippen LogP contribution in [0.15, 0.2) is 29.7 Å². The second-order valence-corrected chi connectivity index (χ2v) is 3.49. The molecule has 0 spiro atoms. The van der Waals surface area contributed by atoms with Crippen LogP contribution in [0.2, 0.25) is 0 Å². The number of nitriles is 2. The number of ether oxygens (including phenoxy) is 1. The Balaban J connectivity index is 2.59. The first-order chi connectivity index (χ1) is 7.69. The molecule has 0 unspecified atom stereocenters. The monoisotopic (exact) mass is 211 g/mol. The third kappa shape index (κ3) is 1.29. The van der Waals surface area contributed by atoms with E-state index >= 15 is 0 Å². The highest BCUT2D eigenvalue weighted by molar-refractivity contribution is 5.70. The van der Waals surface area contributed by atoms with Gasteiger partial charge in [-0.3, -0.25) is 0 Å². The van der Waals surface area contributed by atoms with E-state index in [-0.39, 0.29) is 5.57 Å². The number of hydrogen-bond acceptors (Lipinski definition) is 4. The van der Waals surface area contributed by atoms with E-state index in [4.69, 9.17) is 15.3 Å². The number of nitrogens with zero attached hydrogens (tertiary/aromatic N) is 3. The maximum absolute atomic E-state index is 8.82. The number of allylic oxidation sites excluding steroid dienone is 1. The van der Waals surface area contributed by atoms with Gasteiger partial charge in [-0.05, 0) is 18.6 Å². The zero-order valence-corrected chi connectivity index (χ0v) is 8.98. The van der Waals surface area contributed by atoms with Gasteiger partial charge in [-0.1, -0.05) is 12.1 Å². The molecule has 1 aromatic rings. The van der Waals surface area contributed by atoms with Gasteiger partial charge in [0.25, 0.3) is 0 Å². The van der Waals surface area contributed by atoms with Crippen molar-refractivity contribution in [2.45, 2.75) is 6.92 Å². The van der Waals surface area contributed by atoms with E-state index in [9.17, 15) is 0 Å². The lowest BCUT2D eigenvalue weighted by Gasteiger charge is -2.10. The Morgan fingerprint density at radius 1 is 1.31 bits per heavy atom. The summed E-state index contributed by atoms with van der Waals surface area (Å²) in [5.41, 5.74) is 1.84. The molecule has 0 saturated heterocycles. The van der Waals surface area contributed by atoms with Crippen molar-refractivity contribution in [3.8, 4) is 17.9 Å². The SMILES string of the molecule is Cc1cccc2c1OC(=C(C#N)C#N)N2C. The molecule has 4 nitrogen and oxygen atoms in total. The predicted octanol–water partition coefficient (Wildman–Crippen LogP) is 2.08. The summed E-state index contributed by atoms with van der Waals surface area (Å²) in [7, 11) is 1.77. The fourth-order valence-corrected chi connectivity index (χ4v) is 1.65. The van der Waals surface area contributed by atoms with Crippen molar-refractivity contribution in [1.82, 2.24) is 0 Å². The Morgan fingerprint density at radius 2 is 2.00 bits per heavy atom. The molecule has 1 aromatic carbocycles. The minimum atomic E-state index is -0.0156. The van der Waals surface area contributed by atoms with Crippen LogP contribution in [0.4, 0.5) is 5.69 Å². The van der Waals surface area contributed by atoms with E-state index in [1.54, 1.807) is 11.9 Å². The highest BCUT2D eigenvalue weighted by atomic mass is 16.5. The molecule has 0 saturated carbocycles. The smallest absolute Gasteiger partial charge is 0.229 e. The molecule has 0 aromatic heterocycles. The maximum atomic E-state index is 8.82. The van der Waals surface area contributed by atoms with E-state index in [1.807, 2.05) is 37.3 Å². The van der Waals surface area contributed by atoms with Crippen LogP contribution in [-0.4, -0.2) is 7.05 Å². The Morgan fingerprint density at radius 3 is 2.56 bits per heavy atom. The van der Waals surface area contributed by atoms with Gasteiger partial charge in [-0.25, -0.2) is 0 Å². The standard InChI is InChI=1S/C12H9N3O/c1-8-4-3-5-10-11(8)16-12(15(10)2)9(6-13)7-14/h3-5H,1-2H3. The number of fused-ring (bicyclic) bond motifs is 1. The van der Waals surface area contributed by atoms with Crippen LogP contribution in [-0.2, 0) is 0 Å². The minimum Gasteiger partial charge on any atom is -0.436 e. The van der Waals surface area contributed by atoms with Crippen LogP contribution in [0.1, 0.15) is 5.56 Å². The largest absolute Gasteiger partial charge is 0.436 e. The first-order valence-corrected chi connectivity index (χ1v) is 4.74. The Labute approximate surface area is 93.6 Å². The van der Waals surface area contributed by atoms with Gasteiger partial charge in [-0.15, -0.1) is 0 Å². The molecular weight excluding hydrogens is 202 g/mol. The van der Waals surface area contributed by atoms with Gasteiger partial charge < -0.3 is 9.64 Å². The van der Waals surface area contributed by atoms with E-state index in [2.05, 4.69) is 0 Å². The molecule has 1 aliphatic rings.